The molecule has 2 aromatic carbocycles. The second-order valence-electron chi connectivity index (χ2n) is 6.99. The minimum Gasteiger partial charge on any atom is -0.497 e. The van der Waals surface area contributed by atoms with Gasteiger partial charge in [-0.3, -0.25) is 9.55 Å². The van der Waals surface area contributed by atoms with Gasteiger partial charge in [0, 0.05) is 0 Å². The number of ether oxygens (including phenoxy) is 1. The molecule has 0 spiro atoms. The molecule has 0 saturated heterocycles. The lowest BCUT2D eigenvalue weighted by Crippen LogP contribution is -2.10. The van der Waals surface area contributed by atoms with Crippen molar-refractivity contribution in [2.45, 2.75) is 18.9 Å². The molecule has 0 bridgehead atoms. The summed E-state index contributed by atoms with van der Waals surface area (Å²) in [5.74, 6) is 2.24. The molecule has 7 heteroatoms. The topological polar surface area (TPSA) is 88.6 Å². The first kappa shape index (κ1) is 17.2. The highest BCUT2D eigenvalue weighted by Crippen LogP contribution is 2.35. The average molecular weight is 382 g/mol. The average Bonchev–Trinajstić information content (AvgIpc) is 3.37. The van der Waals surface area contributed by atoms with Gasteiger partial charge in [0.25, 0.3) is 0 Å². The Morgan fingerprint density at radius 3 is 3.00 bits per heavy atom. The molecule has 0 amide bonds. The maximum absolute atomic E-state index is 9.19. The van der Waals surface area contributed by atoms with E-state index in [1.807, 2.05) is 22.8 Å². The van der Waals surface area contributed by atoms with Crippen LogP contribution in [0.15, 0.2) is 55.1 Å². The smallest absolute Gasteiger partial charge is 0.159 e. The number of aryl methyl sites for hydroxylation is 1. The van der Waals surface area contributed by atoms with Crippen LogP contribution in [-0.2, 0) is 6.42 Å². The minimum absolute atomic E-state index is 0.185. The van der Waals surface area contributed by atoms with Crippen molar-refractivity contribution < 1.29 is 4.74 Å². The van der Waals surface area contributed by atoms with Crippen LogP contribution in [0.25, 0.3) is 16.9 Å². The Hall–Kier alpha value is -3.92. The molecule has 2 heterocycles. The first-order valence-electron chi connectivity index (χ1n) is 9.38. The maximum Gasteiger partial charge on any atom is 0.159 e. The number of rotatable bonds is 4. The summed E-state index contributed by atoms with van der Waals surface area (Å²) < 4.78 is 7.18. The predicted molar refractivity (Wildman–Crippen MR) is 109 cm³/mol. The highest BCUT2D eigenvalue weighted by atomic mass is 16.5. The zero-order valence-corrected chi connectivity index (χ0v) is 15.8. The van der Waals surface area contributed by atoms with E-state index >= 15 is 0 Å². The number of benzene rings is 2. The second kappa shape index (κ2) is 6.91. The van der Waals surface area contributed by atoms with Crippen LogP contribution >= 0.6 is 0 Å². The number of methoxy groups -OCH3 is 1. The number of aromatic nitrogens is 4. The SMILES string of the molecule is COc1ccc2c(c1)CCC2Nc1cncc(-n2cnc3ccc(C#N)cc32)n1. The van der Waals surface area contributed by atoms with E-state index in [0.717, 1.165) is 29.6 Å². The third-order valence-corrected chi connectivity index (χ3v) is 5.30. The summed E-state index contributed by atoms with van der Waals surface area (Å²) in [6.45, 7) is 0. The molecule has 29 heavy (non-hydrogen) atoms. The number of hydrogen-bond donors (Lipinski definition) is 1. The van der Waals surface area contributed by atoms with E-state index in [0.29, 0.717) is 17.2 Å². The van der Waals surface area contributed by atoms with Crippen LogP contribution < -0.4 is 10.1 Å². The van der Waals surface area contributed by atoms with Gasteiger partial charge in [-0.25, -0.2) is 9.97 Å². The summed E-state index contributed by atoms with van der Waals surface area (Å²) in [4.78, 5) is 13.5. The predicted octanol–water partition coefficient (Wildman–Crippen LogP) is 3.80. The van der Waals surface area contributed by atoms with Gasteiger partial charge in [-0.1, -0.05) is 6.07 Å². The lowest BCUT2D eigenvalue weighted by atomic mass is 10.1. The number of nitriles is 1. The summed E-state index contributed by atoms with van der Waals surface area (Å²) in [6, 6.07) is 14.0. The summed E-state index contributed by atoms with van der Waals surface area (Å²) in [5.41, 5.74) is 4.79. The Morgan fingerprint density at radius 2 is 2.14 bits per heavy atom. The molecule has 1 aliphatic carbocycles. The number of fused-ring (bicyclic) bond motifs is 2. The van der Waals surface area contributed by atoms with Crippen LogP contribution in [0.4, 0.5) is 5.82 Å². The third-order valence-electron chi connectivity index (χ3n) is 5.30. The minimum atomic E-state index is 0.185. The highest BCUT2D eigenvalue weighted by molar-refractivity contribution is 5.78. The number of hydrogen-bond acceptors (Lipinski definition) is 6. The summed E-state index contributed by atoms with van der Waals surface area (Å²) in [7, 11) is 1.69. The first-order chi connectivity index (χ1) is 14.2. The van der Waals surface area contributed by atoms with E-state index in [-0.39, 0.29) is 6.04 Å². The van der Waals surface area contributed by atoms with Gasteiger partial charge < -0.3 is 10.1 Å². The molecule has 1 atom stereocenters. The Labute approximate surface area is 167 Å². The second-order valence-corrected chi connectivity index (χ2v) is 6.99. The molecule has 0 saturated carbocycles. The summed E-state index contributed by atoms with van der Waals surface area (Å²) in [5, 5.41) is 12.7. The molecule has 0 fully saturated rings. The van der Waals surface area contributed by atoms with E-state index in [4.69, 9.17) is 9.72 Å². The van der Waals surface area contributed by atoms with E-state index in [1.54, 1.807) is 31.9 Å². The van der Waals surface area contributed by atoms with Crippen LogP contribution in [0, 0.1) is 11.3 Å². The van der Waals surface area contributed by atoms with Crippen molar-refractivity contribution in [2.75, 3.05) is 12.4 Å². The number of nitrogens with zero attached hydrogens (tertiary/aromatic N) is 5. The van der Waals surface area contributed by atoms with E-state index in [9.17, 15) is 5.26 Å². The van der Waals surface area contributed by atoms with Crippen LogP contribution in [-0.4, -0.2) is 26.6 Å². The van der Waals surface area contributed by atoms with E-state index in [1.165, 1.54) is 11.1 Å². The van der Waals surface area contributed by atoms with Crippen molar-refractivity contribution in [1.29, 1.82) is 5.26 Å². The molecule has 5 rings (SSSR count). The van der Waals surface area contributed by atoms with E-state index < -0.39 is 0 Å². The van der Waals surface area contributed by atoms with Crippen molar-refractivity contribution in [3.8, 4) is 17.6 Å². The maximum atomic E-state index is 9.19. The highest BCUT2D eigenvalue weighted by Gasteiger charge is 2.23. The molecule has 7 nitrogen and oxygen atoms in total. The van der Waals surface area contributed by atoms with Crippen LogP contribution in [0.2, 0.25) is 0 Å². The molecular formula is C22H18N6O. The normalized spacial score (nSPS) is 15.1. The number of anilines is 1. The monoisotopic (exact) mass is 382 g/mol. The molecule has 4 aromatic rings. The summed E-state index contributed by atoms with van der Waals surface area (Å²) in [6.07, 6.45) is 7.12. The molecule has 0 aliphatic heterocycles. The van der Waals surface area contributed by atoms with Gasteiger partial charge in [-0.05, 0) is 54.3 Å². The van der Waals surface area contributed by atoms with E-state index in [2.05, 4.69) is 33.5 Å². The Balaban J connectivity index is 1.46. The molecule has 1 N–H and O–H groups in total. The lowest BCUT2D eigenvalue weighted by molar-refractivity contribution is 0.414. The first-order valence-corrected chi connectivity index (χ1v) is 9.38. The molecular weight excluding hydrogens is 364 g/mol. The van der Waals surface area contributed by atoms with Crippen molar-refractivity contribution in [1.82, 2.24) is 19.5 Å². The van der Waals surface area contributed by atoms with Crippen LogP contribution in [0.1, 0.15) is 29.2 Å². The Morgan fingerprint density at radius 1 is 1.21 bits per heavy atom. The Kier molecular flexibility index (Phi) is 4.10. The molecule has 0 radical (unpaired) electrons. The van der Waals surface area contributed by atoms with Gasteiger partial charge in [-0.15, -0.1) is 0 Å². The standard InChI is InChI=1S/C22H18N6O/c1-29-16-4-5-17-15(9-16)3-7-18(17)26-21-11-24-12-22(27-21)28-13-25-19-6-2-14(10-23)8-20(19)28/h2,4-6,8-9,11-13,18H,3,7H2,1H3,(H,26,27). The van der Waals surface area contributed by atoms with Gasteiger partial charge >= 0.3 is 0 Å². The molecule has 142 valence electrons. The van der Waals surface area contributed by atoms with Crippen molar-refractivity contribution in [3.63, 3.8) is 0 Å². The molecule has 1 unspecified atom stereocenters. The van der Waals surface area contributed by atoms with Gasteiger partial charge in [0.05, 0.1) is 48.2 Å². The van der Waals surface area contributed by atoms with Gasteiger partial charge in [0.2, 0.25) is 0 Å². The fraction of sp³-hybridized carbons (Fsp3) is 0.182. The Bertz CT molecular complexity index is 1260. The quantitative estimate of drug-likeness (QED) is 0.578. The largest absolute Gasteiger partial charge is 0.497 e. The fourth-order valence-electron chi connectivity index (χ4n) is 3.85. The third kappa shape index (κ3) is 3.05. The number of imidazole rings is 1. The van der Waals surface area contributed by atoms with Crippen molar-refractivity contribution in [3.05, 3.63) is 71.8 Å². The fourth-order valence-corrected chi connectivity index (χ4v) is 3.85. The summed E-state index contributed by atoms with van der Waals surface area (Å²) >= 11 is 0. The zero-order valence-electron chi connectivity index (χ0n) is 15.8. The van der Waals surface area contributed by atoms with Crippen LogP contribution in [0.3, 0.4) is 0 Å². The lowest BCUT2D eigenvalue weighted by Gasteiger charge is -2.15. The van der Waals surface area contributed by atoms with Crippen molar-refractivity contribution >= 4 is 16.9 Å². The zero-order chi connectivity index (χ0) is 19.8. The van der Waals surface area contributed by atoms with Crippen LogP contribution in [0.5, 0.6) is 5.75 Å². The molecule has 2 aromatic heterocycles. The van der Waals surface area contributed by atoms with Gasteiger partial charge in [-0.2, -0.15) is 5.26 Å². The number of nitrogens with one attached hydrogen (secondary N) is 1. The van der Waals surface area contributed by atoms with Gasteiger partial charge in [0.15, 0.2) is 5.82 Å². The van der Waals surface area contributed by atoms with Crippen molar-refractivity contribution in [2.24, 2.45) is 0 Å². The van der Waals surface area contributed by atoms with Gasteiger partial charge in [0.1, 0.15) is 17.9 Å². The molecule has 1 aliphatic rings.